The second kappa shape index (κ2) is 8.44. The summed E-state index contributed by atoms with van der Waals surface area (Å²) >= 11 is 0. The molecule has 18 heavy (non-hydrogen) atoms. The van der Waals surface area contributed by atoms with E-state index in [0.29, 0.717) is 26.1 Å². The molecule has 0 atom stereocenters. The summed E-state index contributed by atoms with van der Waals surface area (Å²) in [7, 11) is 0. The largest absolute Gasteiger partial charge is 0.395 e. The number of aliphatic hydroxyl groups is 1. The summed E-state index contributed by atoms with van der Waals surface area (Å²) in [5.41, 5.74) is 0.805. The first kappa shape index (κ1) is 14.4. The molecule has 0 aliphatic carbocycles. The number of amides is 1. The molecule has 1 rings (SSSR count). The maximum Gasteiger partial charge on any atom is 0.225 e. The zero-order valence-corrected chi connectivity index (χ0v) is 10.5. The van der Waals surface area contributed by atoms with E-state index in [1.807, 2.05) is 35.2 Å². The average molecular weight is 248 g/mol. The lowest BCUT2D eigenvalue weighted by molar-refractivity contribution is -0.116. The van der Waals surface area contributed by atoms with Crippen molar-refractivity contribution < 1.29 is 9.90 Å². The van der Waals surface area contributed by atoms with Gasteiger partial charge in [0.15, 0.2) is 0 Å². The quantitative estimate of drug-likeness (QED) is 0.685. The Balaban J connectivity index is 2.33. The van der Waals surface area contributed by atoms with Gasteiger partial charge >= 0.3 is 0 Å². The first-order chi connectivity index (χ1) is 8.76. The summed E-state index contributed by atoms with van der Waals surface area (Å²) in [4.78, 5) is 13.7. The molecule has 0 aliphatic heterocycles. The minimum atomic E-state index is -0.0202. The van der Waals surface area contributed by atoms with Gasteiger partial charge in [0.1, 0.15) is 0 Å². The van der Waals surface area contributed by atoms with Crippen LogP contribution in [0.2, 0.25) is 0 Å². The highest BCUT2D eigenvalue weighted by molar-refractivity contribution is 5.90. The van der Waals surface area contributed by atoms with Gasteiger partial charge in [0.05, 0.1) is 6.61 Å². The molecule has 0 aromatic heterocycles. The Morgan fingerprint density at radius 3 is 2.67 bits per heavy atom. The zero-order chi connectivity index (χ0) is 13.2. The van der Waals surface area contributed by atoms with E-state index < -0.39 is 0 Å². The first-order valence-electron chi connectivity index (χ1n) is 6.05. The molecule has 0 saturated heterocycles. The Bertz CT molecular complexity index is 365. The van der Waals surface area contributed by atoms with E-state index >= 15 is 0 Å². The summed E-state index contributed by atoms with van der Waals surface area (Å²) in [5, 5.41) is 11.7. The molecule has 0 unspecified atom stereocenters. The van der Waals surface area contributed by atoms with Gasteiger partial charge in [0.2, 0.25) is 5.91 Å². The third kappa shape index (κ3) is 5.61. The van der Waals surface area contributed by atoms with Crippen molar-refractivity contribution in [3.63, 3.8) is 0 Å². The van der Waals surface area contributed by atoms with Crippen molar-refractivity contribution in [2.24, 2.45) is 0 Å². The molecule has 4 nitrogen and oxygen atoms in total. The number of aliphatic hydroxyl groups excluding tert-OH is 1. The molecule has 1 aromatic rings. The molecule has 0 radical (unpaired) electrons. The second-order valence-electron chi connectivity index (χ2n) is 3.98. The van der Waals surface area contributed by atoms with E-state index in [4.69, 9.17) is 5.11 Å². The number of hydrogen-bond donors (Lipinski definition) is 2. The number of benzene rings is 1. The van der Waals surface area contributed by atoms with Gasteiger partial charge in [-0.3, -0.25) is 9.69 Å². The molecule has 1 amide bonds. The maximum atomic E-state index is 11.7. The van der Waals surface area contributed by atoms with E-state index in [1.165, 1.54) is 0 Å². The number of nitrogens with one attached hydrogen (secondary N) is 1. The third-order valence-electron chi connectivity index (χ3n) is 2.52. The van der Waals surface area contributed by atoms with Crippen molar-refractivity contribution in [1.29, 1.82) is 0 Å². The lowest BCUT2D eigenvalue weighted by atomic mass is 10.3. The Labute approximate surface area is 108 Å². The number of rotatable bonds is 8. The van der Waals surface area contributed by atoms with Crippen LogP contribution in [0.3, 0.4) is 0 Å². The molecule has 4 heteroatoms. The van der Waals surface area contributed by atoms with Gasteiger partial charge in [-0.05, 0) is 12.1 Å². The SMILES string of the molecule is C=CCN(CCO)CCC(=O)Nc1ccccc1. The molecular formula is C14H20N2O2. The smallest absolute Gasteiger partial charge is 0.225 e. The Hall–Kier alpha value is -1.65. The van der Waals surface area contributed by atoms with Gasteiger partial charge in [-0.15, -0.1) is 6.58 Å². The molecule has 0 bridgehead atoms. The van der Waals surface area contributed by atoms with Crippen LogP contribution in [0.25, 0.3) is 0 Å². The second-order valence-corrected chi connectivity index (χ2v) is 3.98. The monoisotopic (exact) mass is 248 g/mol. The van der Waals surface area contributed by atoms with Gasteiger partial charge in [-0.2, -0.15) is 0 Å². The van der Waals surface area contributed by atoms with Gasteiger partial charge in [0.25, 0.3) is 0 Å². The van der Waals surface area contributed by atoms with Crippen LogP contribution in [0.15, 0.2) is 43.0 Å². The molecule has 0 saturated carbocycles. The highest BCUT2D eigenvalue weighted by Gasteiger charge is 2.06. The fourth-order valence-corrected chi connectivity index (χ4v) is 1.62. The predicted octanol–water partition coefficient (Wildman–Crippen LogP) is 1.50. The molecule has 0 aliphatic rings. The summed E-state index contributed by atoms with van der Waals surface area (Å²) in [5.74, 6) is -0.0202. The van der Waals surface area contributed by atoms with E-state index in [1.54, 1.807) is 6.08 Å². The Kier molecular flexibility index (Phi) is 6.76. The van der Waals surface area contributed by atoms with Crippen LogP contribution in [0.1, 0.15) is 6.42 Å². The summed E-state index contributed by atoms with van der Waals surface area (Å²) < 4.78 is 0. The van der Waals surface area contributed by atoms with E-state index in [2.05, 4.69) is 11.9 Å². The van der Waals surface area contributed by atoms with Gasteiger partial charge in [-0.25, -0.2) is 0 Å². The van der Waals surface area contributed by atoms with Crippen LogP contribution in [-0.2, 0) is 4.79 Å². The first-order valence-corrected chi connectivity index (χ1v) is 6.05. The summed E-state index contributed by atoms with van der Waals surface area (Å²) in [6, 6.07) is 9.37. The number of hydrogen-bond acceptors (Lipinski definition) is 3. The molecular weight excluding hydrogens is 228 g/mol. The van der Waals surface area contributed by atoms with Crippen molar-refractivity contribution in [3.8, 4) is 0 Å². The molecule has 98 valence electrons. The molecule has 2 N–H and O–H groups in total. The number of carbonyl (C=O) groups is 1. The van der Waals surface area contributed by atoms with E-state index in [0.717, 1.165) is 5.69 Å². The van der Waals surface area contributed by atoms with Gasteiger partial charge < -0.3 is 10.4 Å². The van der Waals surface area contributed by atoms with Crippen molar-refractivity contribution in [2.75, 3.05) is 31.6 Å². The van der Waals surface area contributed by atoms with E-state index in [-0.39, 0.29) is 12.5 Å². The van der Waals surface area contributed by atoms with Crippen molar-refractivity contribution in [1.82, 2.24) is 4.90 Å². The summed E-state index contributed by atoms with van der Waals surface area (Å²) in [6.45, 7) is 5.60. The Morgan fingerprint density at radius 1 is 1.33 bits per heavy atom. The van der Waals surface area contributed by atoms with E-state index in [9.17, 15) is 4.79 Å². The van der Waals surface area contributed by atoms with Gasteiger partial charge in [-0.1, -0.05) is 24.3 Å². The van der Waals surface area contributed by atoms with Crippen molar-refractivity contribution in [2.45, 2.75) is 6.42 Å². The lowest BCUT2D eigenvalue weighted by Gasteiger charge is -2.18. The maximum absolute atomic E-state index is 11.7. The average Bonchev–Trinajstić information content (AvgIpc) is 2.38. The van der Waals surface area contributed by atoms with Crippen LogP contribution in [0, 0.1) is 0 Å². The third-order valence-corrected chi connectivity index (χ3v) is 2.52. The molecule has 0 heterocycles. The Morgan fingerprint density at radius 2 is 2.06 bits per heavy atom. The van der Waals surface area contributed by atoms with Crippen LogP contribution in [-0.4, -0.2) is 42.2 Å². The highest BCUT2D eigenvalue weighted by Crippen LogP contribution is 2.05. The van der Waals surface area contributed by atoms with Crippen LogP contribution in [0.4, 0.5) is 5.69 Å². The number of nitrogens with zero attached hydrogens (tertiary/aromatic N) is 1. The normalized spacial score (nSPS) is 10.3. The minimum Gasteiger partial charge on any atom is -0.395 e. The standard InChI is InChI=1S/C14H20N2O2/c1-2-9-16(11-12-17)10-8-14(18)15-13-6-4-3-5-7-13/h2-7,17H,1,8-12H2,(H,15,18). The molecule has 0 fully saturated rings. The van der Waals surface area contributed by atoms with Gasteiger partial charge in [0, 0.05) is 31.7 Å². The predicted molar refractivity (Wildman–Crippen MR) is 73.4 cm³/mol. The number of carbonyl (C=O) groups excluding carboxylic acids is 1. The molecule has 0 spiro atoms. The fourth-order valence-electron chi connectivity index (χ4n) is 1.62. The van der Waals surface area contributed by atoms with Crippen LogP contribution in [0.5, 0.6) is 0 Å². The summed E-state index contributed by atoms with van der Waals surface area (Å²) in [6.07, 6.45) is 2.17. The van der Waals surface area contributed by atoms with Crippen molar-refractivity contribution >= 4 is 11.6 Å². The molecule has 1 aromatic carbocycles. The number of anilines is 1. The van der Waals surface area contributed by atoms with Crippen molar-refractivity contribution in [3.05, 3.63) is 43.0 Å². The topological polar surface area (TPSA) is 52.6 Å². The lowest BCUT2D eigenvalue weighted by Crippen LogP contribution is -2.30. The van der Waals surface area contributed by atoms with Crippen LogP contribution < -0.4 is 5.32 Å². The fraction of sp³-hybridized carbons (Fsp3) is 0.357. The van der Waals surface area contributed by atoms with Crippen LogP contribution >= 0.6 is 0 Å². The highest BCUT2D eigenvalue weighted by atomic mass is 16.3. The minimum absolute atomic E-state index is 0.0202. The number of para-hydroxylation sites is 1. The zero-order valence-electron chi connectivity index (χ0n) is 10.5.